The Morgan fingerprint density at radius 2 is 2.29 bits per heavy atom. The highest BCUT2D eigenvalue weighted by Crippen LogP contribution is 2.22. The zero-order valence-corrected chi connectivity index (χ0v) is 8.31. The molecule has 0 aliphatic rings. The summed E-state index contributed by atoms with van der Waals surface area (Å²) in [5.74, 6) is 0. The van der Waals surface area contributed by atoms with Crippen LogP contribution in [0.25, 0.3) is 0 Å². The van der Waals surface area contributed by atoms with Crippen molar-refractivity contribution in [1.82, 2.24) is 0 Å². The number of alkyl halides is 1. The molecule has 0 unspecified atom stereocenters. The molecule has 1 aromatic carbocycles. The van der Waals surface area contributed by atoms with Gasteiger partial charge in [-0.2, -0.15) is 5.26 Å². The van der Waals surface area contributed by atoms with E-state index in [4.69, 9.17) is 16.9 Å². The van der Waals surface area contributed by atoms with Crippen LogP contribution in [0.4, 0.5) is 10.1 Å². The summed E-state index contributed by atoms with van der Waals surface area (Å²) in [5, 5.41) is 12.2. The Kier molecular flexibility index (Phi) is 4.21. The molecule has 2 nitrogen and oxygen atoms in total. The lowest BCUT2D eigenvalue weighted by atomic mass is 10.2. The van der Waals surface area contributed by atoms with Crippen molar-refractivity contribution in [3.05, 3.63) is 28.8 Å². The number of hydrogen-bond donors (Lipinski definition) is 1. The van der Waals surface area contributed by atoms with Gasteiger partial charge in [-0.25, -0.2) is 0 Å². The molecule has 0 bridgehead atoms. The quantitative estimate of drug-likeness (QED) is 0.779. The molecule has 0 amide bonds. The van der Waals surface area contributed by atoms with Gasteiger partial charge >= 0.3 is 0 Å². The van der Waals surface area contributed by atoms with Gasteiger partial charge in [-0.3, -0.25) is 4.39 Å². The first-order valence-corrected chi connectivity index (χ1v) is 4.65. The molecular weight excluding hydrogens is 203 g/mol. The predicted molar refractivity (Wildman–Crippen MR) is 55.2 cm³/mol. The molecule has 0 heterocycles. The molecule has 1 rings (SSSR count). The number of anilines is 1. The van der Waals surface area contributed by atoms with E-state index in [-0.39, 0.29) is 6.67 Å². The molecule has 14 heavy (non-hydrogen) atoms. The second-order valence-corrected chi connectivity index (χ2v) is 3.18. The van der Waals surface area contributed by atoms with Crippen molar-refractivity contribution < 1.29 is 4.39 Å². The molecule has 0 fully saturated rings. The van der Waals surface area contributed by atoms with E-state index in [1.807, 2.05) is 6.07 Å². The van der Waals surface area contributed by atoms with E-state index < -0.39 is 0 Å². The fourth-order valence-corrected chi connectivity index (χ4v) is 1.20. The van der Waals surface area contributed by atoms with Crippen LogP contribution >= 0.6 is 11.6 Å². The summed E-state index contributed by atoms with van der Waals surface area (Å²) in [6, 6.07) is 6.96. The second kappa shape index (κ2) is 5.46. The molecule has 0 aliphatic heterocycles. The van der Waals surface area contributed by atoms with Gasteiger partial charge in [0.05, 0.1) is 29.0 Å². The number of hydrogen-bond acceptors (Lipinski definition) is 2. The molecular formula is C10H10ClFN2. The Morgan fingerprint density at radius 3 is 2.93 bits per heavy atom. The van der Waals surface area contributed by atoms with Crippen LogP contribution < -0.4 is 5.32 Å². The highest BCUT2D eigenvalue weighted by atomic mass is 35.5. The Bertz CT molecular complexity index is 346. The van der Waals surface area contributed by atoms with E-state index in [2.05, 4.69) is 5.32 Å². The highest BCUT2D eigenvalue weighted by Gasteiger charge is 2.00. The van der Waals surface area contributed by atoms with Gasteiger partial charge in [0.2, 0.25) is 0 Å². The van der Waals surface area contributed by atoms with Crippen molar-refractivity contribution in [3.8, 4) is 6.07 Å². The average molecular weight is 213 g/mol. The first kappa shape index (κ1) is 10.8. The summed E-state index contributed by atoms with van der Waals surface area (Å²) in [6.07, 6.45) is 0.438. The molecule has 0 aliphatic carbocycles. The normalized spacial score (nSPS) is 9.50. The van der Waals surface area contributed by atoms with Gasteiger partial charge in [0.25, 0.3) is 0 Å². The molecule has 0 spiro atoms. The minimum atomic E-state index is -0.359. The molecule has 1 N–H and O–H groups in total. The van der Waals surface area contributed by atoms with Crippen LogP contribution in [0.1, 0.15) is 12.0 Å². The summed E-state index contributed by atoms with van der Waals surface area (Å²) in [7, 11) is 0. The zero-order chi connectivity index (χ0) is 10.4. The third-order valence-electron chi connectivity index (χ3n) is 1.72. The van der Waals surface area contributed by atoms with Crippen LogP contribution in [0, 0.1) is 11.3 Å². The van der Waals surface area contributed by atoms with Crippen molar-refractivity contribution in [1.29, 1.82) is 5.26 Å². The Labute approximate surface area is 87.3 Å². The van der Waals surface area contributed by atoms with Crippen LogP contribution in [0.15, 0.2) is 18.2 Å². The summed E-state index contributed by atoms with van der Waals surface area (Å²) >= 11 is 5.87. The van der Waals surface area contributed by atoms with Gasteiger partial charge in [-0.05, 0) is 24.6 Å². The van der Waals surface area contributed by atoms with Crippen molar-refractivity contribution in [2.75, 3.05) is 18.5 Å². The third-order valence-corrected chi connectivity index (χ3v) is 2.05. The fourth-order valence-electron chi connectivity index (χ4n) is 1.02. The predicted octanol–water partition coefficient (Wildman–Crippen LogP) is 2.98. The Balaban J connectivity index is 2.70. The number of halogens is 2. The number of nitrogens with one attached hydrogen (secondary N) is 1. The van der Waals surface area contributed by atoms with Crippen LogP contribution in [0.2, 0.25) is 5.02 Å². The largest absolute Gasteiger partial charge is 0.384 e. The highest BCUT2D eigenvalue weighted by molar-refractivity contribution is 6.33. The lowest BCUT2D eigenvalue weighted by Crippen LogP contribution is -2.02. The Hall–Kier alpha value is -1.27. The van der Waals surface area contributed by atoms with E-state index in [9.17, 15) is 4.39 Å². The van der Waals surface area contributed by atoms with Gasteiger partial charge < -0.3 is 5.32 Å². The standard InChI is InChI=1S/C10H10ClFN2/c11-9-3-2-8(7-13)6-10(9)14-5-1-4-12/h2-3,6,14H,1,4-5H2. The van der Waals surface area contributed by atoms with Gasteiger partial charge in [0.15, 0.2) is 0 Å². The SMILES string of the molecule is N#Cc1ccc(Cl)c(NCCCF)c1. The Morgan fingerprint density at radius 1 is 1.50 bits per heavy atom. The van der Waals surface area contributed by atoms with Crippen LogP contribution in [-0.4, -0.2) is 13.2 Å². The molecule has 1 aromatic rings. The first-order chi connectivity index (χ1) is 6.77. The number of benzene rings is 1. The lowest BCUT2D eigenvalue weighted by molar-refractivity contribution is 0.481. The van der Waals surface area contributed by atoms with Gasteiger partial charge in [-0.1, -0.05) is 11.6 Å². The van der Waals surface area contributed by atoms with Gasteiger partial charge in [0.1, 0.15) is 0 Å². The van der Waals surface area contributed by atoms with E-state index in [1.54, 1.807) is 18.2 Å². The monoisotopic (exact) mass is 212 g/mol. The fraction of sp³-hybridized carbons (Fsp3) is 0.300. The summed E-state index contributed by atoms with van der Waals surface area (Å²) < 4.78 is 11.8. The van der Waals surface area contributed by atoms with Crippen molar-refractivity contribution >= 4 is 17.3 Å². The maximum absolute atomic E-state index is 11.8. The molecule has 0 aromatic heterocycles. The van der Waals surface area contributed by atoms with Crippen molar-refractivity contribution in [3.63, 3.8) is 0 Å². The van der Waals surface area contributed by atoms with E-state index in [1.165, 1.54) is 0 Å². The maximum atomic E-state index is 11.8. The number of nitriles is 1. The van der Waals surface area contributed by atoms with E-state index in [0.717, 1.165) is 0 Å². The second-order valence-electron chi connectivity index (χ2n) is 2.78. The van der Waals surface area contributed by atoms with Crippen molar-refractivity contribution in [2.24, 2.45) is 0 Å². The molecule has 0 saturated carbocycles. The average Bonchev–Trinajstić information content (AvgIpc) is 2.21. The third kappa shape index (κ3) is 2.90. The molecule has 74 valence electrons. The summed E-state index contributed by atoms with van der Waals surface area (Å²) in [5.41, 5.74) is 1.22. The first-order valence-electron chi connectivity index (χ1n) is 4.27. The summed E-state index contributed by atoms with van der Waals surface area (Å²) in [4.78, 5) is 0. The topological polar surface area (TPSA) is 35.8 Å². The molecule has 0 saturated heterocycles. The van der Waals surface area contributed by atoms with Gasteiger partial charge in [-0.15, -0.1) is 0 Å². The smallest absolute Gasteiger partial charge is 0.0992 e. The van der Waals surface area contributed by atoms with Gasteiger partial charge in [0, 0.05) is 6.54 Å². The maximum Gasteiger partial charge on any atom is 0.0992 e. The lowest BCUT2D eigenvalue weighted by Gasteiger charge is -2.06. The van der Waals surface area contributed by atoms with E-state index in [0.29, 0.717) is 29.2 Å². The number of rotatable bonds is 4. The van der Waals surface area contributed by atoms with Crippen LogP contribution in [0.5, 0.6) is 0 Å². The number of nitrogens with zero attached hydrogens (tertiary/aromatic N) is 1. The van der Waals surface area contributed by atoms with E-state index >= 15 is 0 Å². The minimum absolute atomic E-state index is 0.359. The zero-order valence-electron chi connectivity index (χ0n) is 7.56. The minimum Gasteiger partial charge on any atom is -0.384 e. The molecule has 0 atom stereocenters. The molecule has 4 heteroatoms. The van der Waals surface area contributed by atoms with Crippen LogP contribution in [0.3, 0.4) is 0 Å². The van der Waals surface area contributed by atoms with Crippen LogP contribution in [-0.2, 0) is 0 Å². The van der Waals surface area contributed by atoms with Crippen molar-refractivity contribution in [2.45, 2.75) is 6.42 Å². The molecule has 0 radical (unpaired) electrons. The summed E-state index contributed by atoms with van der Waals surface area (Å²) in [6.45, 7) is 0.160.